The molecule has 3 aliphatic rings. The first-order valence-corrected chi connectivity index (χ1v) is 19.2. The third-order valence-electron chi connectivity index (χ3n) is 11.3. The van der Waals surface area contributed by atoms with Crippen LogP contribution in [0, 0.1) is 0 Å². The standard InChI is InChI=1S/C44H42O18/c1-17-36(53)37(54)38(55)44(58-17)62-42-35(33-28(51)13-22(46)14-31(33)59-40(42)18-3-7-21(45)8-4-18)34-29(52)16-26(49)23-15-32(60-43(56)20-6-10-25(48)30(12-20)57-2)39(61-41(23)34)19-5-9-24(47)27(50)11-19/h3-14,16-17,32,35-40,42,44-55H,15H2,1-2H3/t17-,32+,35-,36-,37+,38+,39+,40+,42-,44-/m0/s1. The third-order valence-corrected chi connectivity index (χ3v) is 11.3. The van der Waals surface area contributed by atoms with E-state index in [0.717, 1.165) is 18.2 Å². The molecule has 0 radical (unpaired) electrons. The van der Waals surface area contributed by atoms with Crippen molar-refractivity contribution in [3.05, 3.63) is 112 Å². The highest BCUT2D eigenvalue weighted by molar-refractivity contribution is 5.90. The van der Waals surface area contributed by atoms with E-state index in [1.54, 1.807) is 0 Å². The molecular formula is C44H42O18. The molecule has 18 nitrogen and oxygen atoms in total. The molecule has 0 aromatic heterocycles. The van der Waals surface area contributed by atoms with E-state index in [4.69, 9.17) is 28.4 Å². The number of fused-ring (bicyclic) bond motifs is 2. The zero-order chi connectivity index (χ0) is 44.3. The predicted octanol–water partition coefficient (Wildman–Crippen LogP) is 3.72. The maximum Gasteiger partial charge on any atom is 0.338 e. The highest BCUT2D eigenvalue weighted by atomic mass is 16.7. The summed E-state index contributed by atoms with van der Waals surface area (Å²) >= 11 is 0. The number of rotatable bonds is 8. The molecule has 1 fully saturated rings. The zero-order valence-electron chi connectivity index (χ0n) is 32.8. The molecule has 326 valence electrons. The van der Waals surface area contributed by atoms with E-state index in [2.05, 4.69) is 0 Å². The fraction of sp³-hybridized carbons (Fsp3) is 0.295. The van der Waals surface area contributed by atoms with Crippen molar-refractivity contribution in [2.45, 2.75) is 74.4 Å². The van der Waals surface area contributed by atoms with E-state index < -0.39 is 102 Å². The number of esters is 1. The second-order valence-corrected chi connectivity index (χ2v) is 15.2. The van der Waals surface area contributed by atoms with Gasteiger partial charge in [-0.25, -0.2) is 4.79 Å². The summed E-state index contributed by atoms with van der Waals surface area (Å²) in [5.41, 5.74) is 0.152. The van der Waals surface area contributed by atoms with Crippen LogP contribution < -0.4 is 14.2 Å². The number of hydrogen-bond acceptors (Lipinski definition) is 18. The highest BCUT2D eigenvalue weighted by Crippen LogP contribution is 2.58. The number of benzene rings is 5. The number of ether oxygens (including phenoxy) is 6. The van der Waals surface area contributed by atoms with Gasteiger partial charge in [-0.05, 0) is 55.0 Å². The van der Waals surface area contributed by atoms with Gasteiger partial charge in [-0.3, -0.25) is 0 Å². The Morgan fingerprint density at radius 2 is 1.34 bits per heavy atom. The molecule has 8 rings (SSSR count). The summed E-state index contributed by atoms with van der Waals surface area (Å²) in [6, 6.07) is 16.3. The van der Waals surface area contributed by atoms with Crippen molar-refractivity contribution in [1.29, 1.82) is 0 Å². The lowest BCUT2D eigenvalue weighted by atomic mass is 9.77. The average molecular weight is 859 g/mol. The molecule has 11 N–H and O–H groups in total. The summed E-state index contributed by atoms with van der Waals surface area (Å²) in [6.45, 7) is 1.44. The molecule has 3 aliphatic heterocycles. The maximum absolute atomic E-state index is 13.7. The Hall–Kier alpha value is -6.83. The van der Waals surface area contributed by atoms with E-state index in [-0.39, 0.29) is 63.0 Å². The normalized spacial score (nSPS) is 26.6. The van der Waals surface area contributed by atoms with E-state index in [0.29, 0.717) is 5.56 Å². The molecule has 0 spiro atoms. The van der Waals surface area contributed by atoms with Gasteiger partial charge in [-0.15, -0.1) is 0 Å². The fourth-order valence-corrected chi connectivity index (χ4v) is 8.16. The summed E-state index contributed by atoms with van der Waals surface area (Å²) in [4.78, 5) is 13.7. The van der Waals surface area contributed by atoms with Crippen LogP contribution in [0.3, 0.4) is 0 Å². The summed E-state index contributed by atoms with van der Waals surface area (Å²) in [5.74, 6) is -6.27. The topological polar surface area (TPSA) is 295 Å². The Balaban J connectivity index is 1.32. The monoisotopic (exact) mass is 858 g/mol. The number of aliphatic hydroxyl groups is 3. The van der Waals surface area contributed by atoms with Gasteiger partial charge in [0, 0.05) is 46.9 Å². The molecule has 0 bridgehead atoms. The summed E-state index contributed by atoms with van der Waals surface area (Å²) in [5, 5.41) is 119. The van der Waals surface area contributed by atoms with Crippen molar-refractivity contribution in [2.75, 3.05) is 7.11 Å². The van der Waals surface area contributed by atoms with Crippen LogP contribution in [0.15, 0.2) is 78.9 Å². The molecule has 18 heteroatoms. The Morgan fingerprint density at radius 1 is 0.645 bits per heavy atom. The fourth-order valence-electron chi connectivity index (χ4n) is 8.16. The van der Waals surface area contributed by atoms with E-state index in [1.165, 1.54) is 74.7 Å². The predicted molar refractivity (Wildman–Crippen MR) is 211 cm³/mol. The average Bonchev–Trinajstić information content (AvgIpc) is 3.23. The van der Waals surface area contributed by atoms with Crippen LogP contribution in [0.2, 0.25) is 0 Å². The number of carbonyl (C=O) groups is 1. The first-order valence-electron chi connectivity index (χ1n) is 19.2. The second-order valence-electron chi connectivity index (χ2n) is 15.2. The summed E-state index contributed by atoms with van der Waals surface area (Å²) in [7, 11) is 1.29. The SMILES string of the molecule is COc1cc(C(=O)O[C@@H]2Cc3c(O)cc(O)c([C@@H]4c5c(O)cc(O)cc5O[C@H](c5ccc(O)cc5)[C@H]4O[C@@H]4O[C@@H](C)[C@H](O)[C@@H](O)[C@H]4O)c3O[C@@H]2c2ccc(O)c(O)c2)ccc1O. The molecule has 62 heavy (non-hydrogen) atoms. The number of carbonyl (C=O) groups excluding carboxylic acids is 1. The molecule has 0 amide bonds. The lowest BCUT2D eigenvalue weighted by Gasteiger charge is -2.46. The van der Waals surface area contributed by atoms with Crippen LogP contribution >= 0.6 is 0 Å². The minimum absolute atomic E-state index is 0.0227. The van der Waals surface area contributed by atoms with Crippen LogP contribution in [0.4, 0.5) is 0 Å². The van der Waals surface area contributed by atoms with Gasteiger partial charge < -0.3 is 84.6 Å². The van der Waals surface area contributed by atoms with Gasteiger partial charge in [-0.1, -0.05) is 18.2 Å². The minimum Gasteiger partial charge on any atom is -0.508 e. The number of phenolic OH excluding ortho intramolecular Hbond substituents is 8. The highest BCUT2D eigenvalue weighted by Gasteiger charge is 2.51. The van der Waals surface area contributed by atoms with Crippen LogP contribution in [0.5, 0.6) is 63.2 Å². The van der Waals surface area contributed by atoms with Gasteiger partial charge in [0.2, 0.25) is 0 Å². The number of aliphatic hydroxyl groups excluding tert-OH is 3. The van der Waals surface area contributed by atoms with Gasteiger partial charge in [0.25, 0.3) is 0 Å². The van der Waals surface area contributed by atoms with Gasteiger partial charge >= 0.3 is 5.97 Å². The van der Waals surface area contributed by atoms with Gasteiger partial charge in [0.1, 0.15) is 70.8 Å². The van der Waals surface area contributed by atoms with Crippen LogP contribution in [-0.4, -0.2) is 112 Å². The lowest BCUT2D eigenvalue weighted by molar-refractivity contribution is -0.312. The van der Waals surface area contributed by atoms with Crippen molar-refractivity contribution in [1.82, 2.24) is 0 Å². The molecule has 0 unspecified atom stereocenters. The van der Waals surface area contributed by atoms with Crippen molar-refractivity contribution in [2.24, 2.45) is 0 Å². The van der Waals surface area contributed by atoms with Crippen molar-refractivity contribution in [3.8, 4) is 63.2 Å². The van der Waals surface area contributed by atoms with E-state index >= 15 is 0 Å². The Bertz CT molecular complexity index is 2510. The minimum atomic E-state index is -1.86. The number of phenols is 8. The lowest BCUT2D eigenvalue weighted by Crippen LogP contribution is -2.58. The van der Waals surface area contributed by atoms with Gasteiger partial charge in [0.15, 0.2) is 41.5 Å². The first kappa shape index (κ1) is 41.9. The van der Waals surface area contributed by atoms with Crippen molar-refractivity contribution in [3.63, 3.8) is 0 Å². The second kappa shape index (κ2) is 16.2. The summed E-state index contributed by atoms with van der Waals surface area (Å²) < 4.78 is 36.5. The Kier molecular flexibility index (Phi) is 11.0. The molecule has 0 saturated carbocycles. The molecule has 10 atom stereocenters. The molecule has 5 aromatic rings. The quantitative estimate of drug-likeness (QED) is 0.0783. The number of hydrogen-bond donors (Lipinski definition) is 11. The Morgan fingerprint density at radius 3 is 2.05 bits per heavy atom. The van der Waals surface area contributed by atoms with Crippen LogP contribution in [0.25, 0.3) is 0 Å². The molecule has 1 saturated heterocycles. The van der Waals surface area contributed by atoms with Crippen molar-refractivity contribution >= 4 is 5.97 Å². The molecule has 5 aromatic carbocycles. The smallest absolute Gasteiger partial charge is 0.338 e. The largest absolute Gasteiger partial charge is 0.508 e. The number of methoxy groups -OCH3 is 1. The molecule has 3 heterocycles. The van der Waals surface area contributed by atoms with Crippen LogP contribution in [0.1, 0.15) is 63.2 Å². The zero-order valence-corrected chi connectivity index (χ0v) is 32.8. The van der Waals surface area contributed by atoms with E-state index in [9.17, 15) is 61.0 Å². The maximum atomic E-state index is 13.7. The molecular weight excluding hydrogens is 816 g/mol. The van der Waals surface area contributed by atoms with E-state index in [1.807, 2.05) is 0 Å². The first-order chi connectivity index (χ1) is 29.5. The molecule has 0 aliphatic carbocycles. The van der Waals surface area contributed by atoms with Crippen LogP contribution in [-0.2, 0) is 20.6 Å². The summed E-state index contributed by atoms with van der Waals surface area (Å²) in [6.07, 6.45) is -13.7. The third kappa shape index (κ3) is 7.47. The van der Waals surface area contributed by atoms with Gasteiger partial charge in [0.05, 0.1) is 24.7 Å². The number of aromatic hydroxyl groups is 8. The van der Waals surface area contributed by atoms with Gasteiger partial charge in [-0.2, -0.15) is 0 Å². The Labute approximate surface area is 351 Å². The van der Waals surface area contributed by atoms with Crippen molar-refractivity contribution < 1.29 is 89.4 Å².